The van der Waals surface area contributed by atoms with Crippen LogP contribution in [0.4, 0.5) is 5.82 Å². The van der Waals surface area contributed by atoms with Gasteiger partial charge in [0.1, 0.15) is 0 Å². The van der Waals surface area contributed by atoms with Crippen molar-refractivity contribution in [1.29, 1.82) is 0 Å². The first-order valence-corrected chi connectivity index (χ1v) is 5.53. The van der Waals surface area contributed by atoms with Gasteiger partial charge in [0.2, 0.25) is 0 Å². The van der Waals surface area contributed by atoms with Gasteiger partial charge >= 0.3 is 0 Å². The fraction of sp³-hybridized carbons (Fsp3) is 0. The molecular formula is C11H8Cl2N4. The number of hydrogen-bond acceptors (Lipinski definition) is 4. The number of nitrogens with one attached hydrogen (secondary N) is 1. The van der Waals surface area contributed by atoms with Gasteiger partial charge in [0.15, 0.2) is 11.0 Å². The Balaban J connectivity index is 2.00. The zero-order valence-corrected chi connectivity index (χ0v) is 10.2. The second-order valence-corrected chi connectivity index (χ2v) is 3.99. The van der Waals surface area contributed by atoms with Crippen molar-refractivity contribution in [3.05, 3.63) is 52.1 Å². The van der Waals surface area contributed by atoms with Crippen molar-refractivity contribution in [1.82, 2.24) is 10.2 Å². The third-order valence-electron chi connectivity index (χ3n) is 1.87. The predicted molar refractivity (Wildman–Crippen MR) is 69.7 cm³/mol. The summed E-state index contributed by atoms with van der Waals surface area (Å²) in [4.78, 5) is 0. The first-order valence-electron chi connectivity index (χ1n) is 4.78. The fourth-order valence-corrected chi connectivity index (χ4v) is 1.43. The van der Waals surface area contributed by atoms with Crippen molar-refractivity contribution >= 4 is 35.2 Å². The minimum Gasteiger partial charge on any atom is -0.260 e. The third-order valence-corrected chi connectivity index (χ3v) is 2.31. The molecule has 0 bridgehead atoms. The van der Waals surface area contributed by atoms with Crippen molar-refractivity contribution < 1.29 is 0 Å². The average molecular weight is 267 g/mol. The predicted octanol–water partition coefficient (Wildman–Crippen LogP) is 3.23. The molecule has 0 fully saturated rings. The van der Waals surface area contributed by atoms with Crippen LogP contribution in [-0.4, -0.2) is 16.4 Å². The molecule has 0 saturated heterocycles. The highest BCUT2D eigenvalue weighted by molar-refractivity contribution is 6.30. The highest BCUT2D eigenvalue weighted by Crippen LogP contribution is 2.09. The standard InChI is InChI=1S/C11H8Cl2N4/c12-9-3-1-2-8(6-9)7-14-16-11-5-4-10(13)15-17-11/h1-7H,(H,16,17). The molecule has 0 unspecified atom stereocenters. The number of benzene rings is 1. The van der Waals surface area contributed by atoms with Gasteiger partial charge in [-0.3, -0.25) is 5.43 Å². The minimum atomic E-state index is 0.342. The lowest BCUT2D eigenvalue weighted by atomic mass is 10.2. The Kier molecular flexibility index (Phi) is 3.90. The average Bonchev–Trinajstić information content (AvgIpc) is 2.32. The van der Waals surface area contributed by atoms with Crippen molar-refractivity contribution in [3.8, 4) is 0 Å². The number of nitrogens with zero attached hydrogens (tertiary/aromatic N) is 3. The third kappa shape index (κ3) is 3.69. The van der Waals surface area contributed by atoms with Crippen LogP contribution in [0.3, 0.4) is 0 Å². The molecule has 4 nitrogen and oxygen atoms in total. The molecule has 17 heavy (non-hydrogen) atoms. The molecule has 1 aromatic carbocycles. The maximum Gasteiger partial charge on any atom is 0.168 e. The van der Waals surface area contributed by atoms with Crippen molar-refractivity contribution in [2.75, 3.05) is 5.43 Å². The molecule has 1 heterocycles. The van der Waals surface area contributed by atoms with Crippen molar-refractivity contribution in [2.45, 2.75) is 0 Å². The molecule has 86 valence electrons. The molecule has 2 aromatic rings. The zero-order chi connectivity index (χ0) is 12.1. The van der Waals surface area contributed by atoms with E-state index in [2.05, 4.69) is 20.7 Å². The molecule has 0 aliphatic rings. The van der Waals surface area contributed by atoms with Crippen LogP contribution >= 0.6 is 23.2 Å². The van der Waals surface area contributed by atoms with Crippen LogP contribution in [0.1, 0.15) is 5.56 Å². The van der Waals surface area contributed by atoms with Crippen molar-refractivity contribution in [2.24, 2.45) is 5.10 Å². The van der Waals surface area contributed by atoms with Gasteiger partial charge in [0.25, 0.3) is 0 Å². The van der Waals surface area contributed by atoms with E-state index in [-0.39, 0.29) is 0 Å². The molecule has 0 atom stereocenters. The monoisotopic (exact) mass is 266 g/mol. The molecule has 6 heteroatoms. The molecule has 1 N–H and O–H groups in total. The number of hydrogen-bond donors (Lipinski definition) is 1. The Morgan fingerprint density at radius 1 is 1.12 bits per heavy atom. The molecule has 0 spiro atoms. The van der Waals surface area contributed by atoms with E-state index in [0.717, 1.165) is 5.56 Å². The quantitative estimate of drug-likeness (QED) is 0.686. The summed E-state index contributed by atoms with van der Waals surface area (Å²) < 4.78 is 0. The van der Waals surface area contributed by atoms with Crippen LogP contribution in [0.5, 0.6) is 0 Å². The largest absolute Gasteiger partial charge is 0.260 e. The molecule has 0 saturated carbocycles. The molecule has 0 aliphatic carbocycles. The summed E-state index contributed by atoms with van der Waals surface area (Å²) in [5, 5.41) is 12.5. The Morgan fingerprint density at radius 3 is 2.71 bits per heavy atom. The van der Waals surface area contributed by atoms with Gasteiger partial charge in [-0.05, 0) is 29.8 Å². The van der Waals surface area contributed by atoms with E-state index in [1.165, 1.54) is 0 Å². The van der Waals surface area contributed by atoms with Gasteiger partial charge < -0.3 is 0 Å². The van der Waals surface area contributed by atoms with Crippen LogP contribution < -0.4 is 5.43 Å². The maximum absolute atomic E-state index is 5.84. The normalized spacial score (nSPS) is 10.7. The smallest absolute Gasteiger partial charge is 0.168 e. The Morgan fingerprint density at radius 2 is 2.00 bits per heavy atom. The topological polar surface area (TPSA) is 50.2 Å². The number of hydrazone groups is 1. The molecular weight excluding hydrogens is 259 g/mol. The first kappa shape index (κ1) is 11.8. The van der Waals surface area contributed by atoms with Crippen LogP contribution in [0.15, 0.2) is 41.5 Å². The molecule has 0 amide bonds. The molecule has 0 radical (unpaired) electrons. The highest BCUT2D eigenvalue weighted by atomic mass is 35.5. The Hall–Kier alpha value is -1.65. The molecule has 1 aromatic heterocycles. The minimum absolute atomic E-state index is 0.342. The summed E-state index contributed by atoms with van der Waals surface area (Å²) in [7, 11) is 0. The van der Waals surface area contributed by atoms with E-state index in [1.54, 1.807) is 30.5 Å². The number of rotatable bonds is 3. The second kappa shape index (κ2) is 5.61. The van der Waals surface area contributed by atoms with Crippen LogP contribution in [0, 0.1) is 0 Å². The van der Waals surface area contributed by atoms with Gasteiger partial charge in [-0.2, -0.15) is 5.10 Å². The van der Waals surface area contributed by atoms with Crippen LogP contribution in [0.2, 0.25) is 10.2 Å². The SMILES string of the molecule is Clc1cccc(C=NNc2ccc(Cl)nn2)c1. The molecule has 0 aliphatic heterocycles. The molecule has 2 rings (SSSR count). The van der Waals surface area contributed by atoms with E-state index < -0.39 is 0 Å². The summed E-state index contributed by atoms with van der Waals surface area (Å²) in [6.45, 7) is 0. The Bertz CT molecular complexity index is 525. The number of halogens is 2. The van der Waals surface area contributed by atoms with Crippen molar-refractivity contribution in [3.63, 3.8) is 0 Å². The van der Waals surface area contributed by atoms with Crippen LogP contribution in [0.25, 0.3) is 0 Å². The lowest BCUT2D eigenvalue weighted by Crippen LogP contribution is -1.94. The van der Waals surface area contributed by atoms with E-state index in [9.17, 15) is 0 Å². The van der Waals surface area contributed by atoms with Gasteiger partial charge in [0, 0.05) is 5.02 Å². The van der Waals surface area contributed by atoms with Crippen LogP contribution in [-0.2, 0) is 0 Å². The van der Waals surface area contributed by atoms with Gasteiger partial charge in [0.05, 0.1) is 6.21 Å². The van der Waals surface area contributed by atoms with E-state index in [4.69, 9.17) is 23.2 Å². The number of anilines is 1. The fourth-order valence-electron chi connectivity index (χ4n) is 1.14. The summed E-state index contributed by atoms with van der Waals surface area (Å²) >= 11 is 11.4. The van der Waals surface area contributed by atoms with E-state index in [1.807, 2.05) is 12.1 Å². The van der Waals surface area contributed by atoms with Gasteiger partial charge in [-0.25, -0.2) is 0 Å². The van der Waals surface area contributed by atoms with Gasteiger partial charge in [-0.1, -0.05) is 35.3 Å². The summed E-state index contributed by atoms with van der Waals surface area (Å²) in [5.41, 5.74) is 3.63. The Labute approximate surface area is 108 Å². The zero-order valence-electron chi connectivity index (χ0n) is 8.64. The lowest BCUT2D eigenvalue weighted by molar-refractivity contribution is 1.02. The summed E-state index contributed by atoms with van der Waals surface area (Å²) in [6.07, 6.45) is 1.64. The number of aromatic nitrogens is 2. The van der Waals surface area contributed by atoms with Gasteiger partial charge in [-0.15, -0.1) is 10.2 Å². The lowest BCUT2D eigenvalue weighted by Gasteiger charge is -1.97. The summed E-state index contributed by atoms with van der Waals surface area (Å²) in [6, 6.07) is 10.7. The second-order valence-electron chi connectivity index (χ2n) is 3.17. The maximum atomic E-state index is 5.84. The first-order chi connectivity index (χ1) is 8.24. The highest BCUT2D eigenvalue weighted by Gasteiger charge is 1.93. The summed E-state index contributed by atoms with van der Waals surface area (Å²) in [5.74, 6) is 0.521. The van der Waals surface area contributed by atoms with E-state index >= 15 is 0 Å². The van der Waals surface area contributed by atoms with E-state index in [0.29, 0.717) is 16.0 Å².